The first-order valence-electron chi connectivity index (χ1n) is 6.07. The number of nitrogens with two attached hydrogens (primary N) is 1. The number of nitrogens with one attached hydrogen (secondary N) is 1. The van der Waals surface area contributed by atoms with E-state index in [9.17, 15) is 4.79 Å². The van der Waals surface area contributed by atoms with E-state index in [4.69, 9.17) is 5.73 Å². The van der Waals surface area contributed by atoms with Crippen LogP contribution in [0, 0.1) is 13.8 Å². The second-order valence-corrected chi connectivity index (χ2v) is 4.73. The van der Waals surface area contributed by atoms with Gasteiger partial charge < -0.3 is 16.0 Å². The molecular formula is C12H19N5O. The minimum atomic E-state index is -0.272. The Labute approximate surface area is 107 Å². The van der Waals surface area contributed by atoms with Gasteiger partial charge in [0, 0.05) is 31.0 Å². The van der Waals surface area contributed by atoms with E-state index in [0.29, 0.717) is 18.9 Å². The molecule has 6 nitrogen and oxygen atoms in total. The normalized spacial score (nSPS) is 23.2. The molecule has 98 valence electrons. The maximum Gasteiger partial charge on any atom is 0.242 e. The largest absolute Gasteiger partial charge is 0.357 e. The van der Waals surface area contributed by atoms with Crippen molar-refractivity contribution in [1.29, 1.82) is 0 Å². The third-order valence-electron chi connectivity index (χ3n) is 3.11. The molecule has 1 aromatic rings. The summed E-state index contributed by atoms with van der Waals surface area (Å²) in [5.41, 5.74) is 7.74. The summed E-state index contributed by atoms with van der Waals surface area (Å²) in [5, 5.41) is 2.66. The molecule has 3 N–H and O–H groups in total. The number of carbonyl (C=O) groups excluding carboxylic acids is 1. The second-order valence-electron chi connectivity index (χ2n) is 4.73. The minimum absolute atomic E-state index is 0.0169. The number of hydrogen-bond donors (Lipinski definition) is 2. The lowest BCUT2D eigenvalue weighted by molar-refractivity contribution is -0.121. The number of amides is 1. The molecule has 0 bridgehead atoms. The third-order valence-corrected chi connectivity index (χ3v) is 3.11. The van der Waals surface area contributed by atoms with Crippen LogP contribution in [-0.2, 0) is 4.79 Å². The van der Waals surface area contributed by atoms with Gasteiger partial charge >= 0.3 is 0 Å². The van der Waals surface area contributed by atoms with E-state index in [0.717, 1.165) is 11.4 Å². The molecule has 1 aliphatic rings. The molecule has 0 aromatic carbocycles. The summed E-state index contributed by atoms with van der Waals surface area (Å²) in [6.07, 6.45) is 0.635. The molecule has 2 heterocycles. The van der Waals surface area contributed by atoms with Gasteiger partial charge in [-0.3, -0.25) is 4.79 Å². The fourth-order valence-electron chi connectivity index (χ4n) is 2.34. The number of nitrogens with zero attached hydrogens (tertiary/aromatic N) is 3. The zero-order chi connectivity index (χ0) is 13.3. The number of carbonyl (C=O) groups is 1. The van der Waals surface area contributed by atoms with Gasteiger partial charge in [0.05, 0.1) is 0 Å². The van der Waals surface area contributed by atoms with Crippen molar-refractivity contribution in [3.05, 3.63) is 17.5 Å². The van der Waals surface area contributed by atoms with Gasteiger partial charge in [-0.1, -0.05) is 0 Å². The van der Waals surface area contributed by atoms with Crippen LogP contribution in [0.5, 0.6) is 0 Å². The third kappa shape index (κ3) is 2.43. The molecule has 2 rings (SSSR count). The highest BCUT2D eigenvalue weighted by Crippen LogP contribution is 2.22. The average molecular weight is 249 g/mol. The molecule has 18 heavy (non-hydrogen) atoms. The Morgan fingerprint density at radius 1 is 1.44 bits per heavy atom. The van der Waals surface area contributed by atoms with Crippen LogP contribution in [0.3, 0.4) is 0 Å². The highest BCUT2D eigenvalue weighted by atomic mass is 16.2. The van der Waals surface area contributed by atoms with Crippen LogP contribution in [0.4, 0.5) is 5.95 Å². The van der Waals surface area contributed by atoms with Crippen LogP contribution in [0.25, 0.3) is 0 Å². The number of anilines is 1. The van der Waals surface area contributed by atoms with Gasteiger partial charge in [0.2, 0.25) is 11.9 Å². The van der Waals surface area contributed by atoms with Gasteiger partial charge in [-0.2, -0.15) is 0 Å². The Hall–Kier alpha value is -1.69. The summed E-state index contributed by atoms with van der Waals surface area (Å²) in [6.45, 7) is 4.45. The predicted octanol–water partition coefficient (Wildman–Crippen LogP) is -0.255. The maximum atomic E-state index is 11.8. The number of aryl methyl sites for hydroxylation is 2. The van der Waals surface area contributed by atoms with Crippen molar-refractivity contribution in [3.63, 3.8) is 0 Å². The average Bonchev–Trinajstić information content (AvgIpc) is 2.69. The van der Waals surface area contributed by atoms with Crippen molar-refractivity contribution in [3.8, 4) is 0 Å². The van der Waals surface area contributed by atoms with Gasteiger partial charge in [-0.05, 0) is 26.3 Å². The van der Waals surface area contributed by atoms with E-state index in [1.54, 1.807) is 7.05 Å². The van der Waals surface area contributed by atoms with Crippen molar-refractivity contribution >= 4 is 11.9 Å². The van der Waals surface area contributed by atoms with Crippen LogP contribution < -0.4 is 16.0 Å². The summed E-state index contributed by atoms with van der Waals surface area (Å²) < 4.78 is 0. The van der Waals surface area contributed by atoms with Crippen LogP contribution in [0.15, 0.2) is 6.07 Å². The summed E-state index contributed by atoms with van der Waals surface area (Å²) in [6, 6.07) is 1.62. The molecule has 0 saturated carbocycles. The standard InChI is InChI=1S/C12H19N5O/c1-7-4-8(2)16-12(15-7)17-6-9(13)5-10(17)11(18)14-3/h4,9-10H,5-6,13H2,1-3H3,(H,14,18)/t9-,10+/m1/s1. The Morgan fingerprint density at radius 3 is 2.61 bits per heavy atom. The fraction of sp³-hybridized carbons (Fsp3) is 0.583. The van der Waals surface area contributed by atoms with E-state index in [2.05, 4.69) is 15.3 Å². The number of hydrogen-bond acceptors (Lipinski definition) is 5. The Morgan fingerprint density at radius 2 is 2.06 bits per heavy atom. The first kappa shape index (κ1) is 12.8. The Bertz CT molecular complexity index is 442. The molecule has 2 atom stereocenters. The number of aromatic nitrogens is 2. The quantitative estimate of drug-likeness (QED) is 0.755. The molecule has 0 radical (unpaired) electrons. The lowest BCUT2D eigenvalue weighted by Gasteiger charge is -2.23. The molecule has 1 saturated heterocycles. The monoisotopic (exact) mass is 249 g/mol. The molecule has 1 aliphatic heterocycles. The van der Waals surface area contributed by atoms with Crippen molar-refractivity contribution in [1.82, 2.24) is 15.3 Å². The minimum Gasteiger partial charge on any atom is -0.357 e. The van der Waals surface area contributed by atoms with E-state index in [1.807, 2.05) is 24.8 Å². The maximum absolute atomic E-state index is 11.8. The van der Waals surface area contributed by atoms with Crippen molar-refractivity contribution in [2.75, 3.05) is 18.5 Å². The van der Waals surface area contributed by atoms with E-state index >= 15 is 0 Å². The second kappa shape index (κ2) is 4.89. The molecule has 1 amide bonds. The lowest BCUT2D eigenvalue weighted by atomic mass is 10.2. The van der Waals surface area contributed by atoms with Gasteiger partial charge in [0.25, 0.3) is 0 Å². The van der Waals surface area contributed by atoms with Crippen molar-refractivity contribution in [2.24, 2.45) is 5.73 Å². The number of rotatable bonds is 2. The highest BCUT2D eigenvalue weighted by Gasteiger charge is 2.36. The van der Waals surface area contributed by atoms with Crippen molar-refractivity contribution in [2.45, 2.75) is 32.4 Å². The van der Waals surface area contributed by atoms with Crippen LogP contribution in [0.2, 0.25) is 0 Å². The summed E-state index contributed by atoms with van der Waals surface area (Å²) in [5.74, 6) is 0.555. The molecule has 1 aromatic heterocycles. The predicted molar refractivity (Wildman–Crippen MR) is 69.3 cm³/mol. The van der Waals surface area contributed by atoms with Crippen molar-refractivity contribution < 1.29 is 4.79 Å². The first-order valence-corrected chi connectivity index (χ1v) is 6.07. The Balaban J connectivity index is 2.32. The molecular weight excluding hydrogens is 230 g/mol. The molecule has 6 heteroatoms. The number of likely N-dealkylation sites (N-methyl/N-ethyl adjacent to an activating group) is 1. The smallest absolute Gasteiger partial charge is 0.242 e. The molecule has 0 unspecified atom stereocenters. The van der Waals surface area contributed by atoms with Crippen LogP contribution in [-0.4, -0.2) is 41.6 Å². The fourth-order valence-corrected chi connectivity index (χ4v) is 2.34. The summed E-state index contributed by atoms with van der Waals surface area (Å²) in [7, 11) is 1.63. The van der Waals surface area contributed by atoms with E-state index < -0.39 is 0 Å². The zero-order valence-corrected chi connectivity index (χ0v) is 11.0. The molecule has 0 aliphatic carbocycles. The SMILES string of the molecule is CNC(=O)[C@@H]1C[C@@H](N)CN1c1nc(C)cc(C)n1. The lowest BCUT2D eigenvalue weighted by Crippen LogP contribution is -2.42. The highest BCUT2D eigenvalue weighted by molar-refractivity contribution is 5.85. The Kier molecular flexibility index (Phi) is 3.47. The molecule has 1 fully saturated rings. The van der Waals surface area contributed by atoms with E-state index in [-0.39, 0.29) is 18.0 Å². The molecule has 0 spiro atoms. The summed E-state index contributed by atoms with van der Waals surface area (Å²) >= 11 is 0. The zero-order valence-electron chi connectivity index (χ0n) is 11.0. The first-order chi connectivity index (χ1) is 8.51. The van der Waals surface area contributed by atoms with Gasteiger partial charge in [-0.25, -0.2) is 9.97 Å². The van der Waals surface area contributed by atoms with Gasteiger partial charge in [0.15, 0.2) is 0 Å². The topological polar surface area (TPSA) is 84.1 Å². The summed E-state index contributed by atoms with van der Waals surface area (Å²) in [4.78, 5) is 22.5. The van der Waals surface area contributed by atoms with Gasteiger partial charge in [0.1, 0.15) is 6.04 Å². The van der Waals surface area contributed by atoms with Gasteiger partial charge in [-0.15, -0.1) is 0 Å². The van der Waals surface area contributed by atoms with Crippen LogP contribution in [0.1, 0.15) is 17.8 Å². The van der Waals surface area contributed by atoms with Crippen LogP contribution >= 0.6 is 0 Å². The van der Waals surface area contributed by atoms with E-state index in [1.165, 1.54) is 0 Å².